The van der Waals surface area contributed by atoms with Gasteiger partial charge in [0.2, 0.25) is 0 Å². The second-order valence-corrected chi connectivity index (χ2v) is 9.80. The molecule has 0 atom stereocenters. The first kappa shape index (κ1) is 26.7. The molecule has 0 radical (unpaired) electrons. The molecule has 0 saturated heterocycles. The van der Waals surface area contributed by atoms with Crippen LogP contribution in [0.1, 0.15) is 24.5 Å². The van der Waals surface area contributed by atoms with E-state index in [1.165, 1.54) is 18.4 Å². The summed E-state index contributed by atoms with van der Waals surface area (Å²) in [7, 11) is -3.21. The van der Waals surface area contributed by atoms with Gasteiger partial charge in [0.1, 0.15) is 5.82 Å². The van der Waals surface area contributed by atoms with Gasteiger partial charge in [-0.15, -0.1) is 35.7 Å². The zero-order valence-corrected chi connectivity index (χ0v) is 21.4. The van der Waals surface area contributed by atoms with Gasteiger partial charge in [-0.25, -0.2) is 17.8 Å². The third-order valence-electron chi connectivity index (χ3n) is 4.10. The molecule has 0 saturated carbocycles. The lowest BCUT2D eigenvalue weighted by atomic mass is 10.1. The number of nitrogens with zero attached hydrogens (tertiary/aromatic N) is 1. The predicted octanol–water partition coefficient (Wildman–Crippen LogP) is 4.39. The first-order valence-electron chi connectivity index (χ1n) is 9.49. The van der Waals surface area contributed by atoms with Crippen molar-refractivity contribution in [3.05, 3.63) is 59.4 Å². The van der Waals surface area contributed by atoms with E-state index in [4.69, 9.17) is 0 Å². The molecule has 9 heteroatoms. The maximum absolute atomic E-state index is 12.9. The van der Waals surface area contributed by atoms with Crippen molar-refractivity contribution >= 4 is 51.5 Å². The lowest BCUT2D eigenvalue weighted by molar-refractivity contribution is 0.601. The summed E-state index contributed by atoms with van der Waals surface area (Å²) < 4.78 is 36.4. The summed E-state index contributed by atoms with van der Waals surface area (Å²) >= 11 is 1.69. The Kier molecular flexibility index (Phi) is 11.7. The highest BCUT2D eigenvalue weighted by Gasteiger charge is 2.10. The second kappa shape index (κ2) is 13.2. The maximum Gasteiger partial charge on any atom is 0.191 e. The lowest BCUT2D eigenvalue weighted by Gasteiger charge is -2.12. The van der Waals surface area contributed by atoms with Crippen molar-refractivity contribution < 1.29 is 12.8 Å². The van der Waals surface area contributed by atoms with Crippen LogP contribution in [-0.4, -0.2) is 39.5 Å². The van der Waals surface area contributed by atoms with E-state index in [2.05, 4.69) is 15.6 Å². The highest BCUT2D eigenvalue weighted by atomic mass is 127. The van der Waals surface area contributed by atoms with Crippen molar-refractivity contribution in [1.82, 2.24) is 10.6 Å². The lowest BCUT2D eigenvalue weighted by Crippen LogP contribution is -2.37. The Balaban J connectivity index is 0.00000450. The first-order valence-corrected chi connectivity index (χ1v) is 12.4. The Labute approximate surface area is 200 Å². The quantitative estimate of drug-likeness (QED) is 0.155. The molecule has 0 heterocycles. The first-order chi connectivity index (χ1) is 13.8. The van der Waals surface area contributed by atoms with E-state index < -0.39 is 9.84 Å². The topological polar surface area (TPSA) is 70.6 Å². The van der Waals surface area contributed by atoms with E-state index in [0.717, 1.165) is 47.2 Å². The van der Waals surface area contributed by atoms with Gasteiger partial charge in [0.25, 0.3) is 0 Å². The molecule has 0 spiro atoms. The van der Waals surface area contributed by atoms with Gasteiger partial charge < -0.3 is 10.6 Å². The highest BCUT2D eigenvalue weighted by Crippen LogP contribution is 2.19. The molecule has 2 N–H and O–H groups in total. The van der Waals surface area contributed by atoms with Crippen LogP contribution in [0.2, 0.25) is 0 Å². The van der Waals surface area contributed by atoms with E-state index in [9.17, 15) is 12.8 Å². The molecule has 2 aromatic carbocycles. The van der Waals surface area contributed by atoms with Gasteiger partial charge in [0.15, 0.2) is 15.8 Å². The third kappa shape index (κ3) is 9.22. The number of aliphatic imine (C=N–C) groups is 1. The average molecular weight is 566 g/mol. The summed E-state index contributed by atoms with van der Waals surface area (Å²) in [6, 6.07) is 11.8. The summed E-state index contributed by atoms with van der Waals surface area (Å²) in [4.78, 5) is 5.99. The van der Waals surface area contributed by atoms with Crippen LogP contribution in [0.5, 0.6) is 0 Å². The minimum absolute atomic E-state index is 0. The van der Waals surface area contributed by atoms with E-state index in [-0.39, 0.29) is 29.8 Å². The number of hydrogen-bond donors (Lipinski definition) is 2. The Morgan fingerprint density at radius 1 is 1.13 bits per heavy atom. The second-order valence-electron chi connectivity index (χ2n) is 6.65. The number of benzene rings is 2. The van der Waals surface area contributed by atoms with Gasteiger partial charge in [0, 0.05) is 24.2 Å². The van der Waals surface area contributed by atoms with Crippen molar-refractivity contribution in [3.63, 3.8) is 0 Å². The van der Waals surface area contributed by atoms with Gasteiger partial charge in [-0.3, -0.25) is 0 Å². The third-order valence-corrected chi connectivity index (χ3v) is 6.45. The highest BCUT2D eigenvalue weighted by molar-refractivity contribution is 14.0. The summed E-state index contributed by atoms with van der Waals surface area (Å²) in [6.07, 6.45) is 2.16. The molecular formula is C21H29FIN3O2S2. The predicted molar refractivity (Wildman–Crippen MR) is 134 cm³/mol. The molecule has 0 unspecified atom stereocenters. The fourth-order valence-corrected chi connectivity index (χ4v) is 4.55. The number of guanidine groups is 1. The maximum atomic E-state index is 12.9. The molecular weight excluding hydrogens is 536 g/mol. The van der Waals surface area contributed by atoms with Crippen molar-refractivity contribution in [2.45, 2.75) is 36.6 Å². The molecule has 5 nitrogen and oxygen atoms in total. The molecule has 2 aromatic rings. The Bertz CT molecular complexity index is 936. The molecule has 0 aromatic heterocycles. The molecule has 0 fully saturated rings. The molecule has 166 valence electrons. The van der Waals surface area contributed by atoms with Crippen molar-refractivity contribution in [1.29, 1.82) is 0 Å². The fourth-order valence-electron chi connectivity index (χ4n) is 2.74. The number of rotatable bonds is 9. The summed E-state index contributed by atoms with van der Waals surface area (Å²) in [5.74, 6) is 1.43. The number of thioether (sulfide) groups is 1. The van der Waals surface area contributed by atoms with Crippen LogP contribution >= 0.6 is 35.7 Å². The standard InChI is InChI=1S/C21H28FN3O2S2.HI/c1-4-23-21(24-12-5-13-28-19-9-7-18(22)8-10-19)25-15-17-6-11-20(16(2)14-17)29(3,26)27;/h6-11,14H,4-5,12-13,15H2,1-3H3,(H2,23,24,25);1H. The molecule has 0 bridgehead atoms. The van der Waals surface area contributed by atoms with Gasteiger partial charge in [-0.2, -0.15) is 0 Å². The summed E-state index contributed by atoms with van der Waals surface area (Å²) in [6.45, 7) is 5.79. The van der Waals surface area contributed by atoms with Crippen molar-refractivity contribution in [2.24, 2.45) is 4.99 Å². The summed E-state index contributed by atoms with van der Waals surface area (Å²) in [5.41, 5.74) is 1.69. The van der Waals surface area contributed by atoms with Crippen LogP contribution in [0.25, 0.3) is 0 Å². The SMILES string of the molecule is CCNC(=NCc1ccc(S(C)(=O)=O)c(C)c1)NCCCSc1ccc(F)cc1.I. The smallest absolute Gasteiger partial charge is 0.191 e. The zero-order valence-electron chi connectivity index (χ0n) is 17.4. The van der Waals surface area contributed by atoms with Crippen LogP contribution in [0, 0.1) is 12.7 Å². The Morgan fingerprint density at radius 3 is 2.43 bits per heavy atom. The number of aryl methyl sites for hydroxylation is 1. The number of halogens is 2. The van der Waals surface area contributed by atoms with Gasteiger partial charge >= 0.3 is 0 Å². The van der Waals surface area contributed by atoms with E-state index in [1.54, 1.807) is 43.0 Å². The number of hydrogen-bond acceptors (Lipinski definition) is 4. The Hall–Kier alpha value is -1.33. The van der Waals surface area contributed by atoms with E-state index in [0.29, 0.717) is 11.4 Å². The van der Waals surface area contributed by atoms with Crippen LogP contribution in [-0.2, 0) is 16.4 Å². The van der Waals surface area contributed by atoms with E-state index >= 15 is 0 Å². The molecule has 30 heavy (non-hydrogen) atoms. The molecule has 0 amide bonds. The Morgan fingerprint density at radius 2 is 1.83 bits per heavy atom. The fraction of sp³-hybridized carbons (Fsp3) is 0.381. The molecule has 2 rings (SSSR count). The monoisotopic (exact) mass is 565 g/mol. The van der Waals surface area contributed by atoms with Gasteiger partial charge in [-0.05, 0) is 67.5 Å². The summed E-state index contributed by atoms with van der Waals surface area (Å²) in [5, 5.41) is 6.52. The normalized spacial score (nSPS) is 11.7. The van der Waals surface area contributed by atoms with Crippen LogP contribution in [0.4, 0.5) is 4.39 Å². The van der Waals surface area contributed by atoms with Gasteiger partial charge in [0.05, 0.1) is 11.4 Å². The molecule has 0 aliphatic carbocycles. The van der Waals surface area contributed by atoms with E-state index in [1.807, 2.05) is 13.0 Å². The van der Waals surface area contributed by atoms with Crippen molar-refractivity contribution in [2.75, 3.05) is 25.1 Å². The molecule has 0 aliphatic rings. The number of sulfone groups is 1. The minimum atomic E-state index is -3.21. The van der Waals surface area contributed by atoms with Crippen molar-refractivity contribution in [3.8, 4) is 0 Å². The number of nitrogens with one attached hydrogen (secondary N) is 2. The van der Waals surface area contributed by atoms with Crippen LogP contribution < -0.4 is 10.6 Å². The zero-order chi connectivity index (χ0) is 21.3. The van der Waals surface area contributed by atoms with Crippen LogP contribution in [0.15, 0.2) is 57.2 Å². The largest absolute Gasteiger partial charge is 0.357 e. The van der Waals surface area contributed by atoms with Crippen LogP contribution in [0.3, 0.4) is 0 Å². The molecule has 0 aliphatic heterocycles. The van der Waals surface area contributed by atoms with Gasteiger partial charge in [-0.1, -0.05) is 12.1 Å². The minimum Gasteiger partial charge on any atom is -0.357 e. The average Bonchev–Trinajstić information content (AvgIpc) is 2.66.